The molecule has 7 nitrogen and oxygen atoms in total. The van der Waals surface area contributed by atoms with Crippen LogP contribution in [-0.2, 0) is 11.3 Å². The van der Waals surface area contributed by atoms with Crippen molar-refractivity contribution in [3.8, 4) is 0 Å². The van der Waals surface area contributed by atoms with E-state index in [2.05, 4.69) is 16.0 Å². The SMILES string of the molecule is CC1CN(c2ccc(CNC(=O)NCCNC(=O)c3ccccc3Cl)cc2F)CC(C)O1. The number of hydrogen-bond acceptors (Lipinski definition) is 4. The number of carbonyl (C=O) groups excluding carboxylic acids is 2. The molecule has 0 aliphatic carbocycles. The van der Waals surface area contributed by atoms with Crippen LogP contribution in [0.25, 0.3) is 0 Å². The Bertz CT molecular complexity index is 949. The van der Waals surface area contributed by atoms with E-state index in [0.29, 0.717) is 34.9 Å². The number of nitrogens with zero attached hydrogens (tertiary/aromatic N) is 1. The maximum Gasteiger partial charge on any atom is 0.315 e. The molecule has 0 spiro atoms. The second-order valence-corrected chi connectivity index (χ2v) is 8.20. The molecule has 1 heterocycles. The van der Waals surface area contributed by atoms with Gasteiger partial charge >= 0.3 is 6.03 Å². The van der Waals surface area contributed by atoms with E-state index < -0.39 is 6.03 Å². The Kier molecular flexibility index (Phi) is 8.30. The smallest absolute Gasteiger partial charge is 0.315 e. The van der Waals surface area contributed by atoms with Crippen LogP contribution >= 0.6 is 11.6 Å². The molecule has 0 aromatic heterocycles. The summed E-state index contributed by atoms with van der Waals surface area (Å²) in [6.07, 6.45) is 0.0790. The number of nitrogens with one attached hydrogen (secondary N) is 3. The lowest BCUT2D eigenvalue weighted by molar-refractivity contribution is -0.00539. The van der Waals surface area contributed by atoms with Crippen LogP contribution in [-0.4, -0.2) is 50.3 Å². The van der Waals surface area contributed by atoms with Gasteiger partial charge in [-0.3, -0.25) is 4.79 Å². The lowest BCUT2D eigenvalue weighted by atomic mass is 10.1. The van der Waals surface area contributed by atoms with Crippen molar-refractivity contribution in [3.05, 3.63) is 64.4 Å². The molecule has 1 aliphatic heterocycles. The Morgan fingerprint density at radius 1 is 1.06 bits per heavy atom. The van der Waals surface area contributed by atoms with E-state index in [4.69, 9.17) is 16.3 Å². The molecule has 0 radical (unpaired) electrons. The maximum absolute atomic E-state index is 14.6. The van der Waals surface area contributed by atoms with Gasteiger partial charge in [0.2, 0.25) is 0 Å². The van der Waals surface area contributed by atoms with Crippen molar-refractivity contribution < 1.29 is 18.7 Å². The number of morpholine rings is 1. The minimum Gasteiger partial charge on any atom is -0.372 e. The van der Waals surface area contributed by atoms with Gasteiger partial charge in [-0.05, 0) is 43.7 Å². The van der Waals surface area contributed by atoms with E-state index in [1.807, 2.05) is 18.7 Å². The van der Waals surface area contributed by atoms with Crippen LogP contribution in [0.1, 0.15) is 29.8 Å². The number of urea groups is 1. The number of hydrogen-bond donors (Lipinski definition) is 3. The molecule has 3 rings (SSSR count). The van der Waals surface area contributed by atoms with Gasteiger partial charge in [0.15, 0.2) is 0 Å². The van der Waals surface area contributed by atoms with Crippen LogP contribution in [0.15, 0.2) is 42.5 Å². The number of halogens is 2. The van der Waals surface area contributed by atoms with Crippen molar-refractivity contribution in [2.75, 3.05) is 31.1 Å². The van der Waals surface area contributed by atoms with Gasteiger partial charge in [-0.1, -0.05) is 29.8 Å². The molecule has 172 valence electrons. The van der Waals surface area contributed by atoms with Gasteiger partial charge in [-0.2, -0.15) is 0 Å². The van der Waals surface area contributed by atoms with Crippen LogP contribution < -0.4 is 20.9 Å². The van der Waals surface area contributed by atoms with Crippen LogP contribution in [0.2, 0.25) is 5.02 Å². The van der Waals surface area contributed by atoms with Gasteiger partial charge in [0.1, 0.15) is 5.82 Å². The largest absolute Gasteiger partial charge is 0.372 e. The number of benzene rings is 2. The summed E-state index contributed by atoms with van der Waals surface area (Å²) in [7, 11) is 0. The molecule has 1 saturated heterocycles. The number of amides is 3. The molecule has 2 unspecified atom stereocenters. The summed E-state index contributed by atoms with van der Waals surface area (Å²) >= 11 is 5.98. The molecular weight excluding hydrogens is 435 g/mol. The first kappa shape index (κ1) is 23.8. The maximum atomic E-state index is 14.6. The van der Waals surface area contributed by atoms with E-state index >= 15 is 0 Å². The molecule has 0 saturated carbocycles. The number of ether oxygens (including phenoxy) is 1. The Balaban J connectivity index is 1.40. The van der Waals surface area contributed by atoms with Gasteiger partial charge in [0.05, 0.1) is 28.5 Å². The fourth-order valence-electron chi connectivity index (χ4n) is 3.63. The first-order valence-corrected chi connectivity index (χ1v) is 10.9. The van der Waals surface area contributed by atoms with Gasteiger partial charge in [0.25, 0.3) is 5.91 Å². The minimum absolute atomic E-state index is 0.0395. The standard InChI is InChI=1S/C23H28ClFN4O3/c1-15-13-29(14-16(2)32-15)21-8-7-17(11-20(21)25)12-28-23(31)27-10-9-26-22(30)18-5-3-4-6-19(18)24/h3-8,11,15-16H,9-10,12-14H2,1-2H3,(H,26,30)(H2,27,28,31). The summed E-state index contributed by atoms with van der Waals surface area (Å²) in [6.45, 7) is 5.88. The second-order valence-electron chi connectivity index (χ2n) is 7.79. The lowest BCUT2D eigenvalue weighted by Crippen LogP contribution is -2.45. The Morgan fingerprint density at radius 3 is 2.44 bits per heavy atom. The number of carbonyl (C=O) groups is 2. The normalized spacial score (nSPS) is 18.2. The Hall–Kier alpha value is -2.84. The minimum atomic E-state index is -0.405. The van der Waals surface area contributed by atoms with Crippen LogP contribution in [0, 0.1) is 5.82 Å². The van der Waals surface area contributed by atoms with Gasteiger partial charge in [-0.25, -0.2) is 9.18 Å². The molecule has 2 aromatic carbocycles. The molecule has 9 heteroatoms. The molecule has 1 aliphatic rings. The van der Waals surface area contributed by atoms with Crippen molar-refractivity contribution in [3.63, 3.8) is 0 Å². The van der Waals surface area contributed by atoms with Crippen molar-refractivity contribution in [2.45, 2.75) is 32.6 Å². The van der Waals surface area contributed by atoms with Gasteiger partial charge in [0, 0.05) is 32.7 Å². The summed E-state index contributed by atoms with van der Waals surface area (Å²) in [4.78, 5) is 26.0. The van der Waals surface area contributed by atoms with E-state index in [9.17, 15) is 14.0 Å². The van der Waals surface area contributed by atoms with Gasteiger partial charge < -0.3 is 25.6 Å². The monoisotopic (exact) mass is 462 g/mol. The molecule has 3 N–H and O–H groups in total. The fraction of sp³-hybridized carbons (Fsp3) is 0.391. The zero-order valence-electron chi connectivity index (χ0n) is 18.2. The van der Waals surface area contributed by atoms with Crippen LogP contribution in [0.5, 0.6) is 0 Å². The van der Waals surface area contributed by atoms with Crippen LogP contribution in [0.3, 0.4) is 0 Å². The first-order chi connectivity index (χ1) is 15.3. The topological polar surface area (TPSA) is 82.7 Å². The third-order valence-electron chi connectivity index (χ3n) is 5.04. The third kappa shape index (κ3) is 6.58. The van der Waals surface area contributed by atoms with Crippen molar-refractivity contribution in [2.24, 2.45) is 0 Å². The Morgan fingerprint density at radius 2 is 1.75 bits per heavy atom. The third-order valence-corrected chi connectivity index (χ3v) is 5.37. The summed E-state index contributed by atoms with van der Waals surface area (Å²) in [6, 6.07) is 11.3. The van der Waals surface area contributed by atoms with Crippen molar-refractivity contribution in [1.29, 1.82) is 0 Å². The molecule has 2 aromatic rings. The average Bonchev–Trinajstić information content (AvgIpc) is 2.75. The van der Waals surface area contributed by atoms with E-state index in [1.165, 1.54) is 6.07 Å². The highest BCUT2D eigenvalue weighted by Gasteiger charge is 2.24. The van der Waals surface area contributed by atoms with Crippen molar-refractivity contribution >= 4 is 29.2 Å². The summed E-state index contributed by atoms with van der Waals surface area (Å²) in [5.41, 5.74) is 1.57. The van der Waals surface area contributed by atoms with Crippen LogP contribution in [0.4, 0.5) is 14.9 Å². The predicted molar refractivity (Wildman–Crippen MR) is 123 cm³/mol. The number of anilines is 1. The molecule has 0 bridgehead atoms. The zero-order valence-corrected chi connectivity index (χ0v) is 18.9. The highest BCUT2D eigenvalue weighted by molar-refractivity contribution is 6.33. The molecule has 32 heavy (non-hydrogen) atoms. The molecular formula is C23H28ClFN4O3. The van der Waals surface area contributed by atoms with E-state index in [1.54, 1.807) is 36.4 Å². The molecule has 3 amide bonds. The zero-order chi connectivity index (χ0) is 23.1. The Labute approximate surface area is 192 Å². The summed E-state index contributed by atoms with van der Waals surface area (Å²) in [5, 5.41) is 8.39. The van der Waals surface area contributed by atoms with Crippen molar-refractivity contribution in [1.82, 2.24) is 16.0 Å². The van der Waals surface area contributed by atoms with E-state index in [-0.39, 0.29) is 43.6 Å². The fourth-order valence-corrected chi connectivity index (χ4v) is 3.85. The highest BCUT2D eigenvalue weighted by atomic mass is 35.5. The molecule has 2 atom stereocenters. The highest BCUT2D eigenvalue weighted by Crippen LogP contribution is 2.24. The van der Waals surface area contributed by atoms with Gasteiger partial charge in [-0.15, -0.1) is 0 Å². The average molecular weight is 463 g/mol. The summed E-state index contributed by atoms with van der Waals surface area (Å²) in [5.74, 6) is -0.634. The number of rotatable bonds is 7. The second kappa shape index (κ2) is 11.2. The molecule has 1 fully saturated rings. The lowest BCUT2D eigenvalue weighted by Gasteiger charge is -2.37. The summed E-state index contributed by atoms with van der Waals surface area (Å²) < 4.78 is 20.3. The quantitative estimate of drug-likeness (QED) is 0.551. The van der Waals surface area contributed by atoms with E-state index in [0.717, 1.165) is 0 Å². The predicted octanol–water partition coefficient (Wildman–Crippen LogP) is 3.32. The first-order valence-electron chi connectivity index (χ1n) is 10.6.